The average Bonchev–Trinajstić information content (AvgIpc) is 2.79. The summed E-state index contributed by atoms with van der Waals surface area (Å²) in [6.07, 6.45) is 0.851. The lowest BCUT2D eigenvalue weighted by molar-refractivity contribution is -0.386. The maximum absolute atomic E-state index is 13.0. The highest BCUT2D eigenvalue weighted by Crippen LogP contribution is 2.30. The van der Waals surface area contributed by atoms with Crippen molar-refractivity contribution in [1.29, 1.82) is 0 Å². The summed E-state index contributed by atoms with van der Waals surface area (Å²) in [5.74, 6) is -0.0712. The maximum atomic E-state index is 13.0. The van der Waals surface area contributed by atoms with Gasteiger partial charge in [-0.2, -0.15) is 4.31 Å². The number of carbonyl (C=O) groups is 1. The lowest BCUT2D eigenvalue weighted by Gasteiger charge is -2.34. The van der Waals surface area contributed by atoms with Gasteiger partial charge in [0.05, 0.1) is 16.9 Å². The zero-order chi connectivity index (χ0) is 23.5. The Labute approximate surface area is 191 Å². The minimum absolute atomic E-state index is 0.0146. The Morgan fingerprint density at radius 2 is 1.84 bits per heavy atom. The predicted octanol–water partition coefficient (Wildman–Crippen LogP) is 3.03. The number of halogens is 1. The van der Waals surface area contributed by atoms with Crippen LogP contribution in [0.15, 0.2) is 41.3 Å². The van der Waals surface area contributed by atoms with E-state index >= 15 is 0 Å². The number of aryl methyl sites for hydroxylation is 2. The summed E-state index contributed by atoms with van der Waals surface area (Å²) in [6, 6.07) is 9.25. The summed E-state index contributed by atoms with van der Waals surface area (Å²) < 4.78 is 32.1. The molecule has 0 saturated carbocycles. The molecule has 32 heavy (non-hydrogen) atoms. The van der Waals surface area contributed by atoms with Gasteiger partial charge < -0.3 is 9.64 Å². The van der Waals surface area contributed by atoms with Crippen molar-refractivity contribution in [3.8, 4) is 5.75 Å². The van der Waals surface area contributed by atoms with Crippen molar-refractivity contribution >= 4 is 33.2 Å². The monoisotopic (exact) mass is 481 g/mol. The number of benzene rings is 2. The molecule has 11 heteroatoms. The minimum atomic E-state index is -3.94. The van der Waals surface area contributed by atoms with Crippen LogP contribution < -0.4 is 4.74 Å². The number of piperazine rings is 1. The predicted molar refractivity (Wildman–Crippen MR) is 119 cm³/mol. The Bertz CT molecular complexity index is 1130. The fourth-order valence-corrected chi connectivity index (χ4v) is 5.15. The normalized spacial score (nSPS) is 14.9. The highest BCUT2D eigenvalue weighted by molar-refractivity contribution is 7.89. The van der Waals surface area contributed by atoms with E-state index in [9.17, 15) is 23.3 Å². The first-order chi connectivity index (χ1) is 15.1. The van der Waals surface area contributed by atoms with Gasteiger partial charge in [0.2, 0.25) is 15.9 Å². The Balaban J connectivity index is 1.62. The van der Waals surface area contributed by atoms with E-state index in [1.165, 1.54) is 23.5 Å². The molecule has 0 unspecified atom stereocenters. The van der Waals surface area contributed by atoms with Crippen molar-refractivity contribution < 1.29 is 22.9 Å². The molecule has 0 N–H and O–H groups in total. The molecule has 1 saturated heterocycles. The minimum Gasteiger partial charge on any atom is -0.490 e. The number of nitrogens with zero attached hydrogens (tertiary/aromatic N) is 3. The average molecular weight is 482 g/mol. The van der Waals surface area contributed by atoms with Gasteiger partial charge in [0.15, 0.2) is 5.75 Å². The van der Waals surface area contributed by atoms with Crippen LogP contribution in [0.2, 0.25) is 5.02 Å². The number of sulfonamides is 1. The quantitative estimate of drug-likeness (QED) is 0.444. The number of methoxy groups -OCH3 is 1. The molecule has 1 heterocycles. The summed E-state index contributed by atoms with van der Waals surface area (Å²) in [5.41, 5.74) is 1.52. The summed E-state index contributed by atoms with van der Waals surface area (Å²) >= 11 is 6.13. The SMILES string of the molecule is COc1ccc(S(=O)(=O)N2CCN(C(=O)CCc3ccc(C)c(Cl)c3)CC2)cc1[N+](=O)[O-]. The van der Waals surface area contributed by atoms with Crippen LogP contribution in [0, 0.1) is 17.0 Å². The number of amides is 1. The number of hydrogen-bond donors (Lipinski definition) is 0. The van der Waals surface area contributed by atoms with Crippen LogP contribution in [0.4, 0.5) is 5.69 Å². The Hall–Kier alpha value is -2.69. The molecule has 172 valence electrons. The highest BCUT2D eigenvalue weighted by atomic mass is 35.5. The first-order valence-electron chi connectivity index (χ1n) is 9.99. The molecule has 9 nitrogen and oxygen atoms in total. The first kappa shape index (κ1) is 24.0. The molecular weight excluding hydrogens is 458 g/mol. The van der Waals surface area contributed by atoms with Crippen molar-refractivity contribution in [2.45, 2.75) is 24.7 Å². The molecule has 2 aromatic carbocycles. The molecule has 3 rings (SSSR count). The van der Waals surface area contributed by atoms with E-state index in [-0.39, 0.29) is 42.7 Å². The van der Waals surface area contributed by atoms with E-state index in [0.29, 0.717) is 17.9 Å². The molecule has 0 aliphatic carbocycles. The third-order valence-corrected chi connectivity index (χ3v) is 7.74. The number of ether oxygens (including phenoxy) is 1. The third kappa shape index (κ3) is 5.20. The molecule has 2 aromatic rings. The summed E-state index contributed by atoms with van der Waals surface area (Å²) in [5, 5.41) is 11.9. The Morgan fingerprint density at radius 1 is 1.16 bits per heavy atom. The van der Waals surface area contributed by atoms with Crippen LogP contribution >= 0.6 is 11.6 Å². The third-order valence-electron chi connectivity index (χ3n) is 5.44. The summed E-state index contributed by atoms with van der Waals surface area (Å²) in [6.45, 7) is 2.65. The smallest absolute Gasteiger partial charge is 0.312 e. The Kier molecular flexibility index (Phi) is 7.37. The molecule has 1 fully saturated rings. The molecule has 0 atom stereocenters. The van der Waals surface area contributed by atoms with Crippen LogP contribution in [0.3, 0.4) is 0 Å². The van der Waals surface area contributed by atoms with Crippen molar-refractivity contribution in [2.75, 3.05) is 33.3 Å². The zero-order valence-corrected chi connectivity index (χ0v) is 19.4. The number of rotatable bonds is 7. The second-order valence-corrected chi connectivity index (χ2v) is 9.80. The second-order valence-electron chi connectivity index (χ2n) is 7.46. The molecular formula is C21H24ClN3O6S. The molecule has 0 radical (unpaired) electrons. The van der Waals surface area contributed by atoms with Crippen LogP contribution in [-0.2, 0) is 21.2 Å². The van der Waals surface area contributed by atoms with Gasteiger partial charge in [-0.3, -0.25) is 14.9 Å². The van der Waals surface area contributed by atoms with Crippen LogP contribution in [0.5, 0.6) is 5.75 Å². The molecule has 1 aliphatic heterocycles. The van der Waals surface area contributed by atoms with E-state index < -0.39 is 20.6 Å². The zero-order valence-electron chi connectivity index (χ0n) is 17.8. The topological polar surface area (TPSA) is 110 Å². The maximum Gasteiger partial charge on any atom is 0.312 e. The van der Waals surface area contributed by atoms with Gasteiger partial charge in [-0.05, 0) is 42.7 Å². The molecule has 1 amide bonds. The lowest BCUT2D eigenvalue weighted by atomic mass is 10.1. The van der Waals surface area contributed by atoms with Crippen LogP contribution in [0.25, 0.3) is 0 Å². The van der Waals surface area contributed by atoms with Gasteiger partial charge in [-0.25, -0.2) is 8.42 Å². The van der Waals surface area contributed by atoms with Gasteiger partial charge in [0, 0.05) is 43.7 Å². The fourth-order valence-electron chi connectivity index (χ4n) is 3.50. The standard InChI is InChI=1S/C21H24ClN3O6S/c1-15-3-4-16(13-18(15)22)5-8-21(26)23-9-11-24(12-10-23)32(29,30)17-6-7-20(31-2)19(14-17)25(27)28/h3-4,6-7,13-14H,5,8-12H2,1-2H3. The number of nitro groups is 1. The molecule has 0 aromatic heterocycles. The molecule has 0 spiro atoms. The van der Waals surface area contributed by atoms with Gasteiger partial charge in [0.1, 0.15) is 0 Å². The van der Waals surface area contributed by atoms with E-state index in [1.54, 1.807) is 4.90 Å². The van der Waals surface area contributed by atoms with E-state index in [4.69, 9.17) is 16.3 Å². The Morgan fingerprint density at radius 3 is 2.44 bits per heavy atom. The van der Waals surface area contributed by atoms with E-state index in [2.05, 4.69) is 0 Å². The van der Waals surface area contributed by atoms with Gasteiger partial charge in [-0.15, -0.1) is 0 Å². The van der Waals surface area contributed by atoms with Gasteiger partial charge in [-0.1, -0.05) is 23.7 Å². The number of nitro benzene ring substituents is 1. The first-order valence-corrected chi connectivity index (χ1v) is 11.8. The van der Waals surface area contributed by atoms with E-state index in [1.807, 2.05) is 25.1 Å². The fraction of sp³-hybridized carbons (Fsp3) is 0.381. The highest BCUT2D eigenvalue weighted by Gasteiger charge is 2.31. The van der Waals surface area contributed by atoms with Gasteiger partial charge in [0.25, 0.3) is 0 Å². The molecule has 0 bridgehead atoms. The van der Waals surface area contributed by atoms with Crippen molar-refractivity contribution in [3.05, 3.63) is 62.7 Å². The second kappa shape index (κ2) is 9.85. The number of hydrogen-bond acceptors (Lipinski definition) is 6. The molecule has 1 aliphatic rings. The number of carbonyl (C=O) groups excluding carboxylic acids is 1. The van der Waals surface area contributed by atoms with Crippen LogP contribution in [-0.4, -0.2) is 61.7 Å². The van der Waals surface area contributed by atoms with E-state index in [0.717, 1.165) is 17.2 Å². The van der Waals surface area contributed by atoms with Crippen LogP contribution in [0.1, 0.15) is 17.5 Å². The van der Waals surface area contributed by atoms with Crippen molar-refractivity contribution in [3.63, 3.8) is 0 Å². The van der Waals surface area contributed by atoms with Gasteiger partial charge >= 0.3 is 5.69 Å². The lowest BCUT2D eigenvalue weighted by Crippen LogP contribution is -2.50. The largest absolute Gasteiger partial charge is 0.490 e. The van der Waals surface area contributed by atoms with Crippen molar-refractivity contribution in [1.82, 2.24) is 9.21 Å². The van der Waals surface area contributed by atoms with Crippen molar-refractivity contribution in [2.24, 2.45) is 0 Å². The summed E-state index contributed by atoms with van der Waals surface area (Å²) in [7, 11) is -2.66. The summed E-state index contributed by atoms with van der Waals surface area (Å²) in [4.78, 5) is 24.6.